The van der Waals surface area contributed by atoms with Crippen LogP contribution in [-0.4, -0.2) is 0 Å². The zero-order valence-corrected chi connectivity index (χ0v) is 32.1. The molecule has 56 heavy (non-hydrogen) atoms. The Bertz CT molecular complexity index is 2700. The molecule has 0 atom stereocenters. The maximum absolute atomic E-state index is 2.60. The summed E-state index contributed by atoms with van der Waals surface area (Å²) in [6.07, 6.45) is 12.2. The number of benzene rings is 7. The van der Waals surface area contributed by atoms with E-state index in [0.717, 1.165) is 23.7 Å². The largest absolute Gasteiger partial charge is 0.310 e. The fourth-order valence-corrected chi connectivity index (χ4v) is 14.2. The third kappa shape index (κ3) is 4.11. The first-order valence-corrected chi connectivity index (χ1v) is 21.6. The third-order valence-corrected chi connectivity index (χ3v) is 16.0. The molecule has 1 heteroatoms. The highest BCUT2D eigenvalue weighted by Crippen LogP contribution is 2.69. The van der Waals surface area contributed by atoms with Gasteiger partial charge in [0.05, 0.1) is 5.69 Å². The van der Waals surface area contributed by atoms with E-state index in [2.05, 4.69) is 157 Å². The van der Waals surface area contributed by atoms with Gasteiger partial charge in [0.1, 0.15) is 0 Å². The topological polar surface area (TPSA) is 3.24 Å². The summed E-state index contributed by atoms with van der Waals surface area (Å²) >= 11 is 0. The molecule has 1 nitrogen and oxygen atoms in total. The van der Waals surface area contributed by atoms with Gasteiger partial charge in [0.25, 0.3) is 0 Å². The summed E-state index contributed by atoms with van der Waals surface area (Å²) in [7, 11) is 0. The molecule has 4 bridgehead atoms. The van der Waals surface area contributed by atoms with E-state index in [0.29, 0.717) is 0 Å². The van der Waals surface area contributed by atoms with E-state index < -0.39 is 0 Å². The van der Waals surface area contributed by atoms with Crippen LogP contribution in [0.25, 0.3) is 44.2 Å². The van der Waals surface area contributed by atoms with Crippen LogP contribution in [0.2, 0.25) is 0 Å². The summed E-state index contributed by atoms with van der Waals surface area (Å²) in [5.41, 5.74) is 18.7. The number of hydrogen-bond acceptors (Lipinski definition) is 1. The van der Waals surface area contributed by atoms with Gasteiger partial charge in [0.2, 0.25) is 0 Å². The number of rotatable bonds is 4. The van der Waals surface area contributed by atoms with Crippen LogP contribution in [0.5, 0.6) is 0 Å². The van der Waals surface area contributed by atoms with E-state index >= 15 is 0 Å². The van der Waals surface area contributed by atoms with Crippen molar-refractivity contribution in [3.05, 3.63) is 174 Å². The number of hydrogen-bond donors (Lipinski definition) is 0. The predicted molar refractivity (Wildman–Crippen MR) is 232 cm³/mol. The van der Waals surface area contributed by atoms with Crippen molar-refractivity contribution in [1.82, 2.24) is 0 Å². The smallest absolute Gasteiger partial charge is 0.0540 e. The summed E-state index contributed by atoms with van der Waals surface area (Å²) in [6, 6.07) is 58.8. The Morgan fingerprint density at radius 2 is 0.946 bits per heavy atom. The van der Waals surface area contributed by atoms with Gasteiger partial charge >= 0.3 is 0 Å². The Hall–Kier alpha value is -5.40. The average molecular weight is 722 g/mol. The molecule has 0 N–H and O–H groups in total. The molecule has 7 aromatic carbocycles. The lowest BCUT2D eigenvalue weighted by Gasteiger charge is -2.61. The van der Waals surface area contributed by atoms with Crippen molar-refractivity contribution in [2.24, 2.45) is 23.7 Å². The zero-order chi connectivity index (χ0) is 36.6. The minimum Gasteiger partial charge on any atom is -0.310 e. The standard InChI is InChI=1S/C55H47N/c1-2-12-37(13-3-1)42-22-25-53(46-17-5-4-14-43(42)46)56(40-20-23-50-47(33-40)44-15-6-8-18-49(44)54(50)26-10-11-27-54)41-21-24-52-48(34-41)45-16-7-9-19-51(45)55(52)38-29-35-28-36(31-38)32-39(55)30-35/h1-9,12-25,33-36,38-39H,10-11,26-32H2. The van der Waals surface area contributed by atoms with Gasteiger partial charge in [-0.2, -0.15) is 0 Å². The van der Waals surface area contributed by atoms with Gasteiger partial charge in [-0.25, -0.2) is 0 Å². The lowest BCUT2D eigenvalue weighted by Crippen LogP contribution is -2.55. The van der Waals surface area contributed by atoms with Crippen LogP contribution < -0.4 is 4.90 Å². The van der Waals surface area contributed by atoms with E-state index in [9.17, 15) is 0 Å². The Balaban J connectivity index is 1.04. The first-order valence-electron chi connectivity index (χ1n) is 21.6. The number of fused-ring (bicyclic) bond motifs is 9. The molecule has 0 aliphatic heterocycles. The second kappa shape index (κ2) is 11.6. The molecule has 7 aliphatic rings. The fourth-order valence-electron chi connectivity index (χ4n) is 14.2. The summed E-state index contributed by atoms with van der Waals surface area (Å²) in [5, 5.41) is 2.57. The molecule has 0 saturated heterocycles. The quantitative estimate of drug-likeness (QED) is 0.175. The third-order valence-electron chi connectivity index (χ3n) is 16.0. The highest BCUT2D eigenvalue weighted by Gasteiger charge is 2.61. The van der Waals surface area contributed by atoms with E-state index in [4.69, 9.17) is 0 Å². The average Bonchev–Trinajstić information content (AvgIpc) is 3.93. The molecule has 7 aliphatic carbocycles. The first kappa shape index (κ1) is 31.8. The van der Waals surface area contributed by atoms with Crippen LogP contribution in [0.3, 0.4) is 0 Å². The predicted octanol–water partition coefficient (Wildman–Crippen LogP) is 14.5. The Kier molecular flexibility index (Phi) is 6.57. The van der Waals surface area contributed by atoms with Crippen molar-refractivity contribution in [1.29, 1.82) is 0 Å². The van der Waals surface area contributed by atoms with Gasteiger partial charge < -0.3 is 4.90 Å². The summed E-state index contributed by atoms with van der Waals surface area (Å²) in [6.45, 7) is 0. The van der Waals surface area contributed by atoms with Crippen LogP contribution in [0.1, 0.15) is 80.0 Å². The molecule has 7 aromatic rings. The van der Waals surface area contributed by atoms with Crippen LogP contribution in [0.4, 0.5) is 17.1 Å². The van der Waals surface area contributed by atoms with Gasteiger partial charge in [-0.1, -0.05) is 134 Å². The maximum Gasteiger partial charge on any atom is 0.0540 e. The lowest BCUT2D eigenvalue weighted by atomic mass is 9.43. The van der Waals surface area contributed by atoms with E-state index in [1.807, 2.05) is 0 Å². The van der Waals surface area contributed by atoms with Gasteiger partial charge in [-0.15, -0.1) is 0 Å². The second-order valence-electron chi connectivity index (χ2n) is 18.4. The summed E-state index contributed by atoms with van der Waals surface area (Å²) < 4.78 is 0. The van der Waals surface area contributed by atoms with Gasteiger partial charge in [-0.3, -0.25) is 0 Å². The van der Waals surface area contributed by atoms with Crippen LogP contribution in [-0.2, 0) is 10.8 Å². The molecule has 14 rings (SSSR count). The molecule has 0 heterocycles. The Labute approximate surface area is 331 Å². The minimum atomic E-state index is 0.156. The van der Waals surface area contributed by atoms with Crippen molar-refractivity contribution < 1.29 is 0 Å². The lowest BCUT2D eigenvalue weighted by molar-refractivity contribution is -0.0399. The zero-order valence-electron chi connectivity index (χ0n) is 32.1. The van der Waals surface area contributed by atoms with Crippen LogP contribution in [0, 0.1) is 23.7 Å². The van der Waals surface area contributed by atoms with Crippen LogP contribution >= 0.6 is 0 Å². The maximum atomic E-state index is 2.60. The molecular formula is C55H47N. The van der Waals surface area contributed by atoms with Crippen molar-refractivity contribution in [3.8, 4) is 33.4 Å². The highest BCUT2D eigenvalue weighted by molar-refractivity contribution is 6.06. The molecule has 0 aromatic heterocycles. The normalized spacial score (nSPS) is 25.4. The van der Waals surface area contributed by atoms with Crippen molar-refractivity contribution in [2.75, 3.05) is 4.90 Å². The first-order chi connectivity index (χ1) is 27.7. The highest BCUT2D eigenvalue weighted by atomic mass is 15.1. The minimum absolute atomic E-state index is 0.156. The van der Waals surface area contributed by atoms with Gasteiger partial charge in [0.15, 0.2) is 0 Å². The Morgan fingerprint density at radius 1 is 0.411 bits per heavy atom. The van der Waals surface area contributed by atoms with E-state index in [1.165, 1.54) is 125 Å². The molecule has 0 unspecified atom stereocenters. The van der Waals surface area contributed by atoms with Gasteiger partial charge in [-0.05, 0) is 160 Å². The molecule has 5 saturated carbocycles. The SMILES string of the molecule is c1ccc(-c2ccc(N(c3ccc4c(c3)-c3ccccc3C43CCCC3)c3ccc4c(c3)-c3ccccc3C43C4CC5CC(C4)CC3C5)c3ccccc23)cc1. The molecule has 272 valence electrons. The van der Waals surface area contributed by atoms with Gasteiger partial charge in [0, 0.05) is 27.6 Å². The number of anilines is 3. The van der Waals surface area contributed by atoms with E-state index in [-0.39, 0.29) is 10.8 Å². The second-order valence-corrected chi connectivity index (χ2v) is 18.4. The molecule has 5 fully saturated rings. The van der Waals surface area contributed by atoms with Crippen LogP contribution in [0.15, 0.2) is 152 Å². The Morgan fingerprint density at radius 3 is 1.66 bits per heavy atom. The van der Waals surface area contributed by atoms with Crippen molar-refractivity contribution >= 4 is 27.8 Å². The monoisotopic (exact) mass is 721 g/mol. The molecular weight excluding hydrogens is 675 g/mol. The fraction of sp³-hybridized carbons (Fsp3) is 0.273. The number of nitrogens with zero attached hydrogens (tertiary/aromatic N) is 1. The summed E-state index contributed by atoms with van der Waals surface area (Å²) in [5.74, 6) is 3.40. The van der Waals surface area contributed by atoms with E-state index in [1.54, 1.807) is 16.7 Å². The van der Waals surface area contributed by atoms with Crippen molar-refractivity contribution in [3.63, 3.8) is 0 Å². The van der Waals surface area contributed by atoms with Crippen molar-refractivity contribution in [2.45, 2.75) is 68.6 Å². The molecule has 2 spiro atoms. The molecule has 0 amide bonds. The molecule has 0 radical (unpaired) electrons. The summed E-state index contributed by atoms with van der Waals surface area (Å²) in [4.78, 5) is 2.60.